The number of hydrogen-bond donors (Lipinski definition) is 2. The summed E-state index contributed by atoms with van der Waals surface area (Å²) in [6.07, 6.45) is 3.31. The standard InChI is InChI=1S/C12H10BrN3O/c13-9-5-11(7-16-6-9)17-10-3-1-8(2-4-10)12(14)15/h1-7H,(H3,14,15). The van der Waals surface area contributed by atoms with Crippen LogP contribution in [0.4, 0.5) is 0 Å². The van der Waals surface area contributed by atoms with Crippen molar-refractivity contribution in [1.82, 2.24) is 4.98 Å². The highest BCUT2D eigenvalue weighted by Crippen LogP contribution is 2.23. The van der Waals surface area contributed by atoms with Gasteiger partial charge in [-0.05, 0) is 46.3 Å². The Morgan fingerprint density at radius 2 is 1.88 bits per heavy atom. The molecule has 0 aliphatic carbocycles. The van der Waals surface area contributed by atoms with Crippen molar-refractivity contribution in [2.75, 3.05) is 0 Å². The highest BCUT2D eigenvalue weighted by atomic mass is 79.9. The number of nitrogens with one attached hydrogen (secondary N) is 1. The van der Waals surface area contributed by atoms with Gasteiger partial charge in [0.05, 0.1) is 6.20 Å². The first-order valence-electron chi connectivity index (χ1n) is 4.88. The number of nitrogens with two attached hydrogens (primary N) is 1. The molecule has 5 heteroatoms. The molecular formula is C12H10BrN3O. The maximum atomic E-state index is 7.28. The fourth-order valence-corrected chi connectivity index (χ4v) is 1.63. The van der Waals surface area contributed by atoms with E-state index >= 15 is 0 Å². The minimum absolute atomic E-state index is 0.0423. The summed E-state index contributed by atoms with van der Waals surface area (Å²) in [4.78, 5) is 4.00. The summed E-state index contributed by atoms with van der Waals surface area (Å²) in [5.41, 5.74) is 6.03. The van der Waals surface area contributed by atoms with E-state index in [1.54, 1.807) is 36.7 Å². The monoisotopic (exact) mass is 291 g/mol. The zero-order valence-corrected chi connectivity index (χ0v) is 10.4. The van der Waals surface area contributed by atoms with Crippen LogP contribution in [0, 0.1) is 5.41 Å². The predicted molar refractivity (Wildman–Crippen MR) is 69.5 cm³/mol. The molecule has 2 rings (SSSR count). The second kappa shape index (κ2) is 4.97. The number of pyridine rings is 1. The van der Waals surface area contributed by atoms with Gasteiger partial charge in [-0.25, -0.2) is 0 Å². The van der Waals surface area contributed by atoms with Crippen LogP contribution in [-0.2, 0) is 0 Å². The summed E-state index contributed by atoms with van der Waals surface area (Å²) in [6, 6.07) is 8.83. The van der Waals surface area contributed by atoms with Crippen molar-refractivity contribution in [3.63, 3.8) is 0 Å². The first kappa shape index (κ1) is 11.6. The van der Waals surface area contributed by atoms with E-state index in [1.165, 1.54) is 0 Å². The zero-order chi connectivity index (χ0) is 12.3. The molecule has 0 amide bonds. The van der Waals surface area contributed by atoms with Gasteiger partial charge in [0.25, 0.3) is 0 Å². The van der Waals surface area contributed by atoms with Gasteiger partial charge in [-0.3, -0.25) is 10.4 Å². The average molecular weight is 292 g/mol. The number of aromatic nitrogens is 1. The number of nitrogens with zero attached hydrogens (tertiary/aromatic N) is 1. The minimum atomic E-state index is 0.0423. The smallest absolute Gasteiger partial charge is 0.146 e. The fraction of sp³-hybridized carbons (Fsp3) is 0. The van der Waals surface area contributed by atoms with E-state index < -0.39 is 0 Å². The predicted octanol–water partition coefficient (Wildman–Crippen LogP) is 2.92. The molecule has 1 aromatic heterocycles. The Hall–Kier alpha value is -1.88. The van der Waals surface area contributed by atoms with E-state index in [9.17, 15) is 0 Å². The Kier molecular flexibility index (Phi) is 3.39. The number of amidine groups is 1. The van der Waals surface area contributed by atoms with Crippen molar-refractivity contribution in [2.45, 2.75) is 0 Å². The van der Waals surface area contributed by atoms with Gasteiger partial charge in [0.2, 0.25) is 0 Å². The normalized spacial score (nSPS) is 9.94. The minimum Gasteiger partial charge on any atom is -0.456 e. The molecule has 17 heavy (non-hydrogen) atoms. The van der Waals surface area contributed by atoms with Gasteiger partial charge < -0.3 is 10.5 Å². The molecule has 0 spiro atoms. The molecule has 2 aromatic rings. The van der Waals surface area contributed by atoms with Gasteiger partial charge in [0.1, 0.15) is 17.3 Å². The van der Waals surface area contributed by atoms with Crippen LogP contribution in [-0.4, -0.2) is 10.8 Å². The van der Waals surface area contributed by atoms with Gasteiger partial charge in [-0.2, -0.15) is 0 Å². The zero-order valence-electron chi connectivity index (χ0n) is 8.85. The van der Waals surface area contributed by atoms with Crippen molar-refractivity contribution in [1.29, 1.82) is 5.41 Å². The van der Waals surface area contributed by atoms with E-state index in [0.717, 1.165) is 4.47 Å². The summed E-state index contributed by atoms with van der Waals surface area (Å²) >= 11 is 3.32. The lowest BCUT2D eigenvalue weighted by Crippen LogP contribution is -2.10. The van der Waals surface area contributed by atoms with E-state index in [2.05, 4.69) is 20.9 Å². The van der Waals surface area contributed by atoms with Crippen molar-refractivity contribution in [3.8, 4) is 11.5 Å². The van der Waals surface area contributed by atoms with Crippen LogP contribution >= 0.6 is 15.9 Å². The Morgan fingerprint density at radius 3 is 2.47 bits per heavy atom. The molecule has 0 aliphatic heterocycles. The number of benzene rings is 1. The summed E-state index contributed by atoms with van der Waals surface area (Å²) < 4.78 is 6.45. The Bertz CT molecular complexity index is 540. The first-order chi connectivity index (χ1) is 8.15. The topological polar surface area (TPSA) is 72.0 Å². The van der Waals surface area contributed by atoms with E-state index in [0.29, 0.717) is 17.1 Å². The van der Waals surface area contributed by atoms with Crippen LogP contribution < -0.4 is 10.5 Å². The second-order valence-corrected chi connectivity index (χ2v) is 4.29. The second-order valence-electron chi connectivity index (χ2n) is 3.38. The molecule has 0 atom stereocenters. The molecular weight excluding hydrogens is 282 g/mol. The maximum absolute atomic E-state index is 7.28. The third-order valence-electron chi connectivity index (χ3n) is 2.08. The third kappa shape index (κ3) is 3.04. The quantitative estimate of drug-likeness (QED) is 0.675. The average Bonchev–Trinajstić information content (AvgIpc) is 2.29. The van der Waals surface area contributed by atoms with Crippen LogP contribution in [0.3, 0.4) is 0 Å². The van der Waals surface area contributed by atoms with Crippen LogP contribution in [0.1, 0.15) is 5.56 Å². The molecule has 0 fully saturated rings. The van der Waals surface area contributed by atoms with Crippen LogP contribution in [0.2, 0.25) is 0 Å². The molecule has 0 radical (unpaired) electrons. The van der Waals surface area contributed by atoms with E-state index in [-0.39, 0.29) is 5.84 Å². The third-order valence-corrected chi connectivity index (χ3v) is 2.51. The summed E-state index contributed by atoms with van der Waals surface area (Å²) in [5, 5.41) is 7.28. The van der Waals surface area contributed by atoms with Crippen molar-refractivity contribution >= 4 is 21.8 Å². The molecule has 1 heterocycles. The fourth-order valence-electron chi connectivity index (χ4n) is 1.29. The van der Waals surface area contributed by atoms with E-state index in [1.807, 2.05) is 6.07 Å². The Labute approximate surface area is 107 Å². The summed E-state index contributed by atoms with van der Waals surface area (Å²) in [5.74, 6) is 1.37. The van der Waals surface area contributed by atoms with Crippen molar-refractivity contribution in [3.05, 3.63) is 52.8 Å². The van der Waals surface area contributed by atoms with Crippen LogP contribution in [0.5, 0.6) is 11.5 Å². The van der Waals surface area contributed by atoms with E-state index in [4.69, 9.17) is 15.9 Å². The van der Waals surface area contributed by atoms with Gasteiger partial charge in [-0.15, -0.1) is 0 Å². The van der Waals surface area contributed by atoms with Crippen molar-refractivity contribution in [2.24, 2.45) is 5.73 Å². The molecule has 0 bridgehead atoms. The Morgan fingerprint density at radius 1 is 1.18 bits per heavy atom. The summed E-state index contributed by atoms with van der Waals surface area (Å²) in [6.45, 7) is 0. The molecule has 0 saturated heterocycles. The van der Waals surface area contributed by atoms with Gasteiger partial charge >= 0.3 is 0 Å². The lowest BCUT2D eigenvalue weighted by atomic mass is 10.2. The number of halogens is 1. The highest BCUT2D eigenvalue weighted by molar-refractivity contribution is 9.10. The van der Waals surface area contributed by atoms with Gasteiger partial charge in [-0.1, -0.05) is 0 Å². The summed E-state index contributed by atoms with van der Waals surface area (Å²) in [7, 11) is 0. The molecule has 3 N–H and O–H groups in total. The highest BCUT2D eigenvalue weighted by Gasteiger charge is 2.00. The molecule has 4 nitrogen and oxygen atoms in total. The molecule has 0 aliphatic rings. The molecule has 0 unspecified atom stereocenters. The molecule has 86 valence electrons. The van der Waals surface area contributed by atoms with Gasteiger partial charge in [0, 0.05) is 16.2 Å². The molecule has 1 aromatic carbocycles. The van der Waals surface area contributed by atoms with Crippen molar-refractivity contribution < 1.29 is 4.74 Å². The first-order valence-corrected chi connectivity index (χ1v) is 5.67. The van der Waals surface area contributed by atoms with Crippen LogP contribution in [0.15, 0.2) is 47.2 Å². The lowest BCUT2D eigenvalue weighted by molar-refractivity contribution is 0.480. The molecule has 0 saturated carbocycles. The van der Waals surface area contributed by atoms with Crippen LogP contribution in [0.25, 0.3) is 0 Å². The number of nitrogen functional groups attached to an aromatic ring is 1. The Balaban J connectivity index is 2.16. The maximum Gasteiger partial charge on any atom is 0.146 e. The SMILES string of the molecule is N=C(N)c1ccc(Oc2cncc(Br)c2)cc1. The number of hydrogen-bond acceptors (Lipinski definition) is 3. The largest absolute Gasteiger partial charge is 0.456 e. The van der Waals surface area contributed by atoms with Gasteiger partial charge in [0.15, 0.2) is 0 Å². The number of ether oxygens (including phenoxy) is 1. The number of rotatable bonds is 3. The lowest BCUT2D eigenvalue weighted by Gasteiger charge is -2.06.